The van der Waals surface area contributed by atoms with Crippen LogP contribution in [-0.4, -0.2) is 27.8 Å². The SMILES string of the molecule is NC(=O)c1noc(C(N)CO)n1. The van der Waals surface area contributed by atoms with E-state index in [1.54, 1.807) is 0 Å². The van der Waals surface area contributed by atoms with E-state index in [-0.39, 0.29) is 18.3 Å². The Balaban J connectivity index is 2.84. The summed E-state index contributed by atoms with van der Waals surface area (Å²) in [5.41, 5.74) is 10.2. The zero-order chi connectivity index (χ0) is 9.14. The van der Waals surface area contributed by atoms with E-state index in [0.717, 1.165) is 0 Å². The topological polar surface area (TPSA) is 128 Å². The lowest BCUT2D eigenvalue weighted by molar-refractivity contribution is 0.0987. The summed E-state index contributed by atoms with van der Waals surface area (Å²) in [6.45, 7) is -0.333. The summed E-state index contributed by atoms with van der Waals surface area (Å²) in [7, 11) is 0. The van der Waals surface area contributed by atoms with Gasteiger partial charge in [-0.25, -0.2) is 0 Å². The lowest BCUT2D eigenvalue weighted by Crippen LogP contribution is -2.16. The predicted molar refractivity (Wildman–Crippen MR) is 36.8 cm³/mol. The number of carbonyl (C=O) groups is 1. The average Bonchev–Trinajstić information content (AvgIpc) is 2.51. The fourth-order valence-electron chi connectivity index (χ4n) is 0.564. The molecule has 1 aromatic heterocycles. The number of carbonyl (C=O) groups excluding carboxylic acids is 1. The number of nitrogens with two attached hydrogens (primary N) is 2. The molecule has 0 saturated carbocycles. The van der Waals surface area contributed by atoms with Crippen molar-refractivity contribution in [3.05, 3.63) is 11.7 Å². The number of hydrogen-bond acceptors (Lipinski definition) is 6. The lowest BCUT2D eigenvalue weighted by atomic mass is 10.3. The monoisotopic (exact) mass is 172 g/mol. The van der Waals surface area contributed by atoms with Gasteiger partial charge in [0.2, 0.25) is 5.89 Å². The summed E-state index contributed by atoms with van der Waals surface area (Å²) in [5.74, 6) is -1.05. The van der Waals surface area contributed by atoms with Gasteiger partial charge in [-0.3, -0.25) is 4.79 Å². The highest BCUT2D eigenvalue weighted by molar-refractivity contribution is 5.88. The first kappa shape index (κ1) is 8.62. The molecule has 1 aromatic rings. The summed E-state index contributed by atoms with van der Waals surface area (Å²) < 4.78 is 4.53. The van der Waals surface area contributed by atoms with Crippen molar-refractivity contribution in [2.24, 2.45) is 11.5 Å². The molecule has 0 spiro atoms. The van der Waals surface area contributed by atoms with E-state index >= 15 is 0 Å². The van der Waals surface area contributed by atoms with Crippen molar-refractivity contribution < 1.29 is 14.4 Å². The van der Waals surface area contributed by atoms with Crippen LogP contribution in [0.4, 0.5) is 0 Å². The van der Waals surface area contributed by atoms with Crippen molar-refractivity contribution in [2.45, 2.75) is 6.04 Å². The molecule has 0 aliphatic carbocycles. The van der Waals surface area contributed by atoms with E-state index in [1.165, 1.54) is 0 Å². The summed E-state index contributed by atoms with van der Waals surface area (Å²) in [4.78, 5) is 14.0. The van der Waals surface area contributed by atoms with Crippen LogP contribution in [0.1, 0.15) is 22.6 Å². The van der Waals surface area contributed by atoms with Crippen molar-refractivity contribution >= 4 is 5.91 Å². The molecule has 12 heavy (non-hydrogen) atoms. The normalized spacial score (nSPS) is 12.8. The quantitative estimate of drug-likeness (QED) is 0.491. The molecule has 0 aromatic carbocycles. The molecule has 0 radical (unpaired) electrons. The van der Waals surface area contributed by atoms with Crippen LogP contribution < -0.4 is 11.5 Å². The highest BCUT2D eigenvalue weighted by Gasteiger charge is 2.15. The van der Waals surface area contributed by atoms with E-state index in [0.29, 0.717) is 0 Å². The van der Waals surface area contributed by atoms with Gasteiger partial charge in [0.15, 0.2) is 0 Å². The lowest BCUT2D eigenvalue weighted by Gasteiger charge is -1.97. The minimum Gasteiger partial charge on any atom is -0.394 e. The van der Waals surface area contributed by atoms with Crippen LogP contribution in [-0.2, 0) is 0 Å². The average molecular weight is 172 g/mol. The minimum absolute atomic E-state index is 0.00806. The third-order valence-corrected chi connectivity index (χ3v) is 1.18. The Hall–Kier alpha value is -1.47. The third-order valence-electron chi connectivity index (χ3n) is 1.18. The van der Waals surface area contributed by atoms with Crippen LogP contribution in [0.2, 0.25) is 0 Å². The first-order valence-corrected chi connectivity index (χ1v) is 3.15. The Morgan fingerprint density at radius 3 is 2.83 bits per heavy atom. The van der Waals surface area contributed by atoms with Crippen molar-refractivity contribution in [1.82, 2.24) is 10.1 Å². The van der Waals surface area contributed by atoms with Crippen LogP contribution in [0.3, 0.4) is 0 Å². The van der Waals surface area contributed by atoms with Crippen LogP contribution >= 0.6 is 0 Å². The number of aliphatic hydroxyl groups excluding tert-OH is 1. The molecule has 66 valence electrons. The van der Waals surface area contributed by atoms with E-state index in [1.807, 2.05) is 0 Å². The van der Waals surface area contributed by atoms with Crippen molar-refractivity contribution in [3.8, 4) is 0 Å². The Morgan fingerprint density at radius 1 is 1.75 bits per heavy atom. The molecule has 7 nitrogen and oxygen atoms in total. The molecule has 1 amide bonds. The summed E-state index contributed by atoms with van der Waals surface area (Å²) in [6.07, 6.45) is 0. The molecular formula is C5H8N4O3. The van der Waals surface area contributed by atoms with Crippen LogP contribution in [0.5, 0.6) is 0 Å². The largest absolute Gasteiger partial charge is 0.394 e. The maximum atomic E-state index is 10.5. The van der Waals surface area contributed by atoms with Crippen LogP contribution in [0, 0.1) is 0 Å². The van der Waals surface area contributed by atoms with E-state index in [4.69, 9.17) is 16.6 Å². The Morgan fingerprint density at radius 2 is 2.42 bits per heavy atom. The molecule has 0 fully saturated rings. The maximum Gasteiger partial charge on any atom is 0.290 e. The number of primary amides is 1. The number of amides is 1. The third kappa shape index (κ3) is 1.57. The first-order chi connectivity index (χ1) is 5.65. The van der Waals surface area contributed by atoms with Gasteiger partial charge in [0.05, 0.1) is 6.61 Å². The zero-order valence-corrected chi connectivity index (χ0v) is 6.10. The number of nitrogens with zero attached hydrogens (tertiary/aromatic N) is 2. The van der Waals surface area contributed by atoms with Gasteiger partial charge < -0.3 is 21.1 Å². The molecule has 1 rings (SSSR count). The van der Waals surface area contributed by atoms with E-state index < -0.39 is 11.9 Å². The van der Waals surface area contributed by atoms with Gasteiger partial charge in [0.1, 0.15) is 6.04 Å². The van der Waals surface area contributed by atoms with Crippen molar-refractivity contribution in [1.29, 1.82) is 0 Å². The van der Waals surface area contributed by atoms with Gasteiger partial charge in [-0.15, -0.1) is 0 Å². The second kappa shape index (κ2) is 3.28. The number of aliphatic hydroxyl groups is 1. The standard InChI is InChI=1S/C5H8N4O3/c6-2(1-10)5-8-4(3(7)11)9-12-5/h2,10H,1,6H2,(H2,7,11). The molecule has 5 N–H and O–H groups in total. The fraction of sp³-hybridized carbons (Fsp3) is 0.400. The van der Waals surface area contributed by atoms with Gasteiger partial charge in [-0.1, -0.05) is 5.16 Å². The maximum absolute atomic E-state index is 10.5. The van der Waals surface area contributed by atoms with E-state index in [2.05, 4.69) is 14.7 Å². The predicted octanol–water partition coefficient (Wildman–Crippen LogP) is -1.84. The van der Waals surface area contributed by atoms with Gasteiger partial charge >= 0.3 is 0 Å². The second-order valence-electron chi connectivity index (χ2n) is 2.11. The Kier molecular flexibility index (Phi) is 2.36. The number of aromatic nitrogens is 2. The molecular weight excluding hydrogens is 164 g/mol. The smallest absolute Gasteiger partial charge is 0.290 e. The number of hydrogen-bond donors (Lipinski definition) is 3. The molecule has 0 aliphatic rings. The second-order valence-corrected chi connectivity index (χ2v) is 2.11. The molecule has 7 heteroatoms. The summed E-state index contributed by atoms with van der Waals surface area (Å²) >= 11 is 0. The molecule has 1 atom stereocenters. The molecule has 1 unspecified atom stereocenters. The van der Waals surface area contributed by atoms with E-state index in [9.17, 15) is 4.79 Å². The zero-order valence-electron chi connectivity index (χ0n) is 6.10. The molecule has 0 aliphatic heterocycles. The minimum atomic E-state index is -0.796. The van der Waals surface area contributed by atoms with Crippen molar-refractivity contribution in [3.63, 3.8) is 0 Å². The van der Waals surface area contributed by atoms with Gasteiger partial charge in [0, 0.05) is 0 Å². The highest BCUT2D eigenvalue weighted by Crippen LogP contribution is 2.05. The van der Waals surface area contributed by atoms with Crippen LogP contribution in [0.25, 0.3) is 0 Å². The van der Waals surface area contributed by atoms with Gasteiger partial charge in [-0.05, 0) is 0 Å². The molecule has 0 bridgehead atoms. The first-order valence-electron chi connectivity index (χ1n) is 3.15. The van der Waals surface area contributed by atoms with Gasteiger partial charge in [0.25, 0.3) is 11.7 Å². The highest BCUT2D eigenvalue weighted by atomic mass is 16.5. The van der Waals surface area contributed by atoms with Crippen molar-refractivity contribution in [2.75, 3.05) is 6.61 Å². The van der Waals surface area contributed by atoms with Crippen LogP contribution in [0.15, 0.2) is 4.52 Å². The molecule has 0 saturated heterocycles. The summed E-state index contributed by atoms with van der Waals surface area (Å²) in [6, 6.07) is -0.773. The Labute approximate surface area is 67.3 Å². The van der Waals surface area contributed by atoms with Gasteiger partial charge in [-0.2, -0.15) is 4.98 Å². The molecule has 1 heterocycles. The summed E-state index contributed by atoms with van der Waals surface area (Å²) in [5, 5.41) is 11.8. The number of rotatable bonds is 3. The Bertz CT molecular complexity index is 284. The fourth-order valence-corrected chi connectivity index (χ4v) is 0.564.